The molecule has 0 unspecified atom stereocenters. The molecule has 1 aromatic heterocycles. The van der Waals surface area contributed by atoms with Gasteiger partial charge in [0.1, 0.15) is 11.9 Å². The monoisotopic (exact) mass is 387 g/mol. The number of ether oxygens (including phenoxy) is 1. The Labute approximate surface area is 171 Å². The van der Waals surface area contributed by atoms with Crippen molar-refractivity contribution >= 4 is 23.0 Å². The molecule has 0 spiro atoms. The average Bonchev–Trinajstić information content (AvgIpc) is 2.78. The van der Waals surface area contributed by atoms with Gasteiger partial charge in [0.2, 0.25) is 5.91 Å². The summed E-state index contributed by atoms with van der Waals surface area (Å²) in [6.07, 6.45) is 5.81. The number of benzene rings is 2. The number of carbonyl (C=O) groups excluding carboxylic acids is 1. The van der Waals surface area contributed by atoms with Crippen LogP contribution in [0.1, 0.15) is 19.3 Å². The number of fused-ring (bicyclic) bond motifs is 1. The summed E-state index contributed by atoms with van der Waals surface area (Å²) in [7, 11) is 1.69. The first kappa shape index (κ1) is 19.1. The normalized spacial score (nSPS) is 15.1. The van der Waals surface area contributed by atoms with E-state index in [-0.39, 0.29) is 12.0 Å². The smallest absolute Gasteiger partial charge is 0.227 e. The summed E-state index contributed by atoms with van der Waals surface area (Å²) < 4.78 is 6.15. The Bertz CT molecular complexity index is 1010. The molecule has 3 aromatic rings. The van der Waals surface area contributed by atoms with Crippen molar-refractivity contribution in [3.05, 3.63) is 60.8 Å². The first-order chi connectivity index (χ1) is 14.2. The Kier molecular flexibility index (Phi) is 5.84. The summed E-state index contributed by atoms with van der Waals surface area (Å²) in [5.41, 5.74) is 3.22. The maximum absolute atomic E-state index is 12.1. The van der Waals surface area contributed by atoms with E-state index in [2.05, 4.69) is 34.2 Å². The second-order valence-corrected chi connectivity index (χ2v) is 7.28. The largest absolute Gasteiger partial charge is 0.490 e. The molecule has 1 aliphatic heterocycles. The van der Waals surface area contributed by atoms with E-state index in [4.69, 9.17) is 4.74 Å². The summed E-state index contributed by atoms with van der Waals surface area (Å²) >= 11 is 0. The average molecular weight is 387 g/mol. The fraction of sp³-hybridized carbons (Fsp3) is 0.292. The summed E-state index contributed by atoms with van der Waals surface area (Å²) in [4.78, 5) is 22.4. The molecule has 1 saturated heterocycles. The van der Waals surface area contributed by atoms with Gasteiger partial charge in [-0.15, -0.1) is 0 Å². The van der Waals surface area contributed by atoms with Crippen molar-refractivity contribution < 1.29 is 9.53 Å². The Morgan fingerprint density at radius 2 is 1.90 bits per heavy atom. The molecule has 29 heavy (non-hydrogen) atoms. The van der Waals surface area contributed by atoms with Crippen LogP contribution in [0.2, 0.25) is 0 Å². The van der Waals surface area contributed by atoms with Gasteiger partial charge in [-0.25, -0.2) is 0 Å². The van der Waals surface area contributed by atoms with Crippen molar-refractivity contribution in [2.24, 2.45) is 4.99 Å². The maximum atomic E-state index is 12.1. The number of para-hydroxylation sites is 1. The van der Waals surface area contributed by atoms with Crippen molar-refractivity contribution in [2.75, 3.05) is 20.1 Å². The van der Waals surface area contributed by atoms with Gasteiger partial charge in [0.15, 0.2) is 0 Å². The molecule has 2 heterocycles. The van der Waals surface area contributed by atoms with Gasteiger partial charge in [-0.05, 0) is 29.8 Å². The van der Waals surface area contributed by atoms with E-state index in [9.17, 15) is 4.79 Å². The highest BCUT2D eigenvalue weighted by Gasteiger charge is 2.23. The molecule has 0 aliphatic carbocycles. The standard InChI is InChI=1S/C24H25N3O2/c1-25-13-10-24(28)27-14-11-22(12-15-27)29-21-8-6-18(7-9-21)20-16-19-4-2-3-5-23(19)26-17-20/h2-9,13,16-17,22H,10-12,14-15H2,1H3. The van der Waals surface area contributed by atoms with E-state index in [1.54, 1.807) is 13.3 Å². The van der Waals surface area contributed by atoms with Gasteiger partial charge in [-0.1, -0.05) is 30.3 Å². The molecular weight excluding hydrogens is 362 g/mol. The Hall–Kier alpha value is -3.21. The lowest BCUT2D eigenvalue weighted by atomic mass is 10.0. The van der Waals surface area contributed by atoms with Crippen LogP contribution in [-0.4, -0.2) is 48.2 Å². The molecule has 1 aliphatic rings. The summed E-state index contributed by atoms with van der Waals surface area (Å²) in [5.74, 6) is 1.01. The highest BCUT2D eigenvalue weighted by molar-refractivity contribution is 5.89. The third-order valence-electron chi connectivity index (χ3n) is 5.32. The van der Waals surface area contributed by atoms with Crippen LogP contribution < -0.4 is 4.74 Å². The third kappa shape index (κ3) is 4.62. The number of aliphatic imine (C=N–C) groups is 1. The topological polar surface area (TPSA) is 54.8 Å². The Balaban J connectivity index is 1.35. The molecule has 0 radical (unpaired) electrons. The second kappa shape index (κ2) is 8.86. The van der Waals surface area contributed by atoms with Crippen LogP contribution in [0.3, 0.4) is 0 Å². The van der Waals surface area contributed by atoms with Crippen LogP contribution in [0.15, 0.2) is 65.8 Å². The van der Waals surface area contributed by atoms with Crippen LogP contribution in [0.5, 0.6) is 5.75 Å². The van der Waals surface area contributed by atoms with Crippen molar-refractivity contribution in [3.63, 3.8) is 0 Å². The molecule has 2 aromatic carbocycles. The van der Waals surface area contributed by atoms with Crippen LogP contribution in [0, 0.1) is 0 Å². The van der Waals surface area contributed by atoms with Gasteiger partial charge in [-0.2, -0.15) is 0 Å². The van der Waals surface area contributed by atoms with Crippen LogP contribution in [0.4, 0.5) is 0 Å². The molecule has 0 saturated carbocycles. The molecule has 4 rings (SSSR count). The van der Waals surface area contributed by atoms with Gasteiger partial charge >= 0.3 is 0 Å². The van der Waals surface area contributed by atoms with E-state index in [0.717, 1.165) is 53.7 Å². The number of pyridine rings is 1. The molecule has 5 heteroatoms. The number of hydrogen-bond acceptors (Lipinski definition) is 4. The zero-order chi connectivity index (χ0) is 20.1. The quantitative estimate of drug-likeness (QED) is 0.611. The second-order valence-electron chi connectivity index (χ2n) is 7.28. The number of aromatic nitrogens is 1. The molecule has 0 bridgehead atoms. The molecule has 0 N–H and O–H groups in total. The lowest BCUT2D eigenvalue weighted by molar-refractivity contribution is -0.131. The molecule has 1 fully saturated rings. The van der Waals surface area contributed by atoms with Crippen molar-refractivity contribution in [1.29, 1.82) is 0 Å². The predicted octanol–water partition coefficient (Wildman–Crippen LogP) is 4.36. The zero-order valence-corrected chi connectivity index (χ0v) is 16.6. The minimum Gasteiger partial charge on any atom is -0.490 e. The van der Waals surface area contributed by atoms with Gasteiger partial charge in [-0.3, -0.25) is 9.78 Å². The highest BCUT2D eigenvalue weighted by Crippen LogP contribution is 2.26. The van der Waals surface area contributed by atoms with E-state index >= 15 is 0 Å². The van der Waals surface area contributed by atoms with Crippen molar-refractivity contribution in [2.45, 2.75) is 25.4 Å². The zero-order valence-electron chi connectivity index (χ0n) is 16.6. The SMILES string of the molecule is CN=CCC(=O)N1CCC(Oc2ccc(-c3cnc4ccccc4c3)cc2)CC1. The van der Waals surface area contributed by atoms with E-state index in [1.165, 1.54) is 0 Å². The van der Waals surface area contributed by atoms with Gasteiger partial charge in [0.25, 0.3) is 0 Å². The summed E-state index contributed by atoms with van der Waals surface area (Å²) in [6, 6.07) is 18.5. The number of nitrogens with zero attached hydrogens (tertiary/aromatic N) is 3. The van der Waals surface area contributed by atoms with E-state index in [0.29, 0.717) is 6.42 Å². The number of amides is 1. The molecule has 1 amide bonds. The molecule has 0 atom stereocenters. The van der Waals surface area contributed by atoms with Crippen LogP contribution in [-0.2, 0) is 4.79 Å². The number of likely N-dealkylation sites (tertiary alicyclic amines) is 1. The van der Waals surface area contributed by atoms with Gasteiger partial charge in [0, 0.05) is 56.3 Å². The van der Waals surface area contributed by atoms with E-state index < -0.39 is 0 Å². The molecule has 148 valence electrons. The first-order valence-corrected chi connectivity index (χ1v) is 10.0. The Morgan fingerprint density at radius 3 is 2.66 bits per heavy atom. The fourth-order valence-corrected chi connectivity index (χ4v) is 3.67. The Morgan fingerprint density at radius 1 is 1.14 bits per heavy atom. The number of rotatable bonds is 5. The maximum Gasteiger partial charge on any atom is 0.227 e. The van der Waals surface area contributed by atoms with Gasteiger partial charge in [0.05, 0.1) is 11.9 Å². The van der Waals surface area contributed by atoms with Crippen molar-refractivity contribution in [3.8, 4) is 16.9 Å². The highest BCUT2D eigenvalue weighted by atomic mass is 16.5. The number of carbonyl (C=O) groups is 1. The number of hydrogen-bond donors (Lipinski definition) is 0. The summed E-state index contributed by atoms with van der Waals surface area (Å²) in [6.45, 7) is 1.48. The molecular formula is C24H25N3O2. The predicted molar refractivity (Wildman–Crippen MR) is 116 cm³/mol. The van der Waals surface area contributed by atoms with Crippen LogP contribution >= 0.6 is 0 Å². The fourth-order valence-electron chi connectivity index (χ4n) is 3.67. The minimum absolute atomic E-state index is 0.141. The third-order valence-corrected chi connectivity index (χ3v) is 5.32. The molecule has 5 nitrogen and oxygen atoms in total. The lowest BCUT2D eigenvalue weighted by Gasteiger charge is -2.32. The van der Waals surface area contributed by atoms with Gasteiger partial charge < -0.3 is 14.6 Å². The lowest BCUT2D eigenvalue weighted by Crippen LogP contribution is -2.41. The van der Waals surface area contributed by atoms with E-state index in [1.807, 2.05) is 41.4 Å². The first-order valence-electron chi connectivity index (χ1n) is 10.0. The number of piperidine rings is 1. The minimum atomic E-state index is 0.141. The summed E-state index contributed by atoms with van der Waals surface area (Å²) in [5, 5.41) is 1.14. The van der Waals surface area contributed by atoms with Crippen molar-refractivity contribution in [1.82, 2.24) is 9.88 Å². The van der Waals surface area contributed by atoms with Crippen LogP contribution in [0.25, 0.3) is 22.0 Å².